The third-order valence-corrected chi connectivity index (χ3v) is 5.07. The highest BCUT2D eigenvalue weighted by molar-refractivity contribution is 5.94. The van der Waals surface area contributed by atoms with Gasteiger partial charge < -0.3 is 14.6 Å². The van der Waals surface area contributed by atoms with Crippen LogP contribution in [0.4, 0.5) is 0 Å². The second-order valence-electron chi connectivity index (χ2n) is 9.32. The Morgan fingerprint density at radius 3 is 1.39 bits per heavy atom. The fourth-order valence-corrected chi connectivity index (χ4v) is 3.24. The zero-order valence-electron chi connectivity index (χ0n) is 25.6. The van der Waals surface area contributed by atoms with E-state index in [1.54, 1.807) is 72.8 Å². The van der Waals surface area contributed by atoms with Crippen molar-refractivity contribution in [3.8, 4) is 23.0 Å². The average molecular weight is 557 g/mol. The molecule has 0 atom stereocenters. The number of aromatic hydroxyl groups is 1. The summed E-state index contributed by atoms with van der Waals surface area (Å²) in [6.45, 7) is 16.0. The Bertz CT molecular complexity index is 1290. The minimum Gasteiger partial charge on any atom is -0.508 e. The van der Waals surface area contributed by atoms with Crippen LogP contribution in [0.2, 0.25) is 0 Å². The van der Waals surface area contributed by atoms with Gasteiger partial charge in [-0.25, -0.2) is 4.79 Å². The van der Waals surface area contributed by atoms with Crippen LogP contribution in [0.1, 0.15) is 87.2 Å². The molecule has 4 aromatic carbocycles. The van der Waals surface area contributed by atoms with Crippen LogP contribution in [0.15, 0.2) is 97.1 Å². The van der Waals surface area contributed by atoms with Crippen molar-refractivity contribution in [2.75, 3.05) is 0 Å². The Morgan fingerprint density at radius 1 is 0.610 bits per heavy atom. The van der Waals surface area contributed by atoms with Crippen molar-refractivity contribution in [3.05, 3.63) is 119 Å². The summed E-state index contributed by atoms with van der Waals surface area (Å²) in [5, 5.41) is 9.38. The number of carbonyl (C=O) groups is 2. The van der Waals surface area contributed by atoms with Crippen LogP contribution in [-0.2, 0) is 6.42 Å². The van der Waals surface area contributed by atoms with E-state index in [0.29, 0.717) is 34.8 Å². The predicted molar refractivity (Wildman–Crippen MR) is 168 cm³/mol. The topological polar surface area (TPSA) is 72.8 Å². The summed E-state index contributed by atoms with van der Waals surface area (Å²) in [5.41, 5.74) is 3.17. The highest BCUT2D eigenvalue weighted by Crippen LogP contribution is 2.23. The van der Waals surface area contributed by atoms with Crippen LogP contribution in [0.3, 0.4) is 0 Å². The van der Waals surface area contributed by atoms with E-state index in [0.717, 1.165) is 17.0 Å². The van der Waals surface area contributed by atoms with E-state index in [2.05, 4.69) is 20.8 Å². The molecule has 0 spiro atoms. The molecule has 5 nitrogen and oxygen atoms in total. The Kier molecular flexibility index (Phi) is 15.9. The highest BCUT2D eigenvalue weighted by Gasteiger charge is 2.10. The molecule has 4 rings (SSSR count). The SMILES string of the molecule is CC.CC.CC(=O)c1ccc(Oc2ccc(C(=O)Oc3ccc(Cc4ccc(O)cc4)cc3)cc2)cc1.CC(C)C. The van der Waals surface area contributed by atoms with Crippen LogP contribution in [-0.4, -0.2) is 16.9 Å². The summed E-state index contributed by atoms with van der Waals surface area (Å²) in [5.74, 6) is 2.24. The Labute approximate surface area is 245 Å². The maximum Gasteiger partial charge on any atom is 0.343 e. The molecule has 0 aromatic heterocycles. The number of esters is 1. The smallest absolute Gasteiger partial charge is 0.343 e. The molecule has 218 valence electrons. The number of hydrogen-bond donors (Lipinski definition) is 1. The molecule has 4 aromatic rings. The van der Waals surface area contributed by atoms with Gasteiger partial charge in [0.1, 0.15) is 23.0 Å². The molecule has 0 saturated carbocycles. The second-order valence-corrected chi connectivity index (χ2v) is 9.32. The minimum atomic E-state index is -0.460. The maximum atomic E-state index is 12.5. The lowest BCUT2D eigenvalue weighted by molar-refractivity contribution is 0.0734. The second kappa shape index (κ2) is 18.8. The summed E-state index contributed by atoms with van der Waals surface area (Å²) in [7, 11) is 0. The Hall–Kier alpha value is -4.38. The van der Waals surface area contributed by atoms with Crippen molar-refractivity contribution in [2.24, 2.45) is 5.92 Å². The van der Waals surface area contributed by atoms with Gasteiger partial charge in [-0.1, -0.05) is 72.7 Å². The number of phenolic OH excluding ortho intramolecular Hbond substituents is 1. The third kappa shape index (κ3) is 13.0. The summed E-state index contributed by atoms with van der Waals surface area (Å²) in [6.07, 6.45) is 0.716. The summed E-state index contributed by atoms with van der Waals surface area (Å²) < 4.78 is 11.2. The summed E-state index contributed by atoms with van der Waals surface area (Å²) in [4.78, 5) is 23.8. The van der Waals surface area contributed by atoms with Crippen molar-refractivity contribution in [3.63, 3.8) is 0 Å². The largest absolute Gasteiger partial charge is 0.508 e. The van der Waals surface area contributed by atoms with Gasteiger partial charge in [-0.15, -0.1) is 0 Å². The molecular weight excluding hydrogens is 512 g/mol. The van der Waals surface area contributed by atoms with Gasteiger partial charge in [-0.05, 0) is 103 Å². The van der Waals surface area contributed by atoms with Crippen molar-refractivity contribution in [1.29, 1.82) is 0 Å². The van der Waals surface area contributed by atoms with Gasteiger partial charge in [-0.3, -0.25) is 4.79 Å². The lowest BCUT2D eigenvalue weighted by atomic mass is 10.0. The molecule has 0 amide bonds. The predicted octanol–water partition coefficient (Wildman–Crippen LogP) is 9.91. The van der Waals surface area contributed by atoms with Gasteiger partial charge >= 0.3 is 5.97 Å². The van der Waals surface area contributed by atoms with E-state index < -0.39 is 5.97 Å². The monoisotopic (exact) mass is 556 g/mol. The molecule has 0 fully saturated rings. The first-order chi connectivity index (χ1) is 19.7. The first-order valence-electron chi connectivity index (χ1n) is 14.2. The first kappa shape index (κ1) is 34.6. The van der Waals surface area contributed by atoms with Crippen molar-refractivity contribution >= 4 is 11.8 Å². The summed E-state index contributed by atoms with van der Waals surface area (Å²) >= 11 is 0. The van der Waals surface area contributed by atoms with Crippen LogP contribution in [0.5, 0.6) is 23.0 Å². The molecule has 0 heterocycles. The normalized spacial score (nSPS) is 9.59. The zero-order valence-corrected chi connectivity index (χ0v) is 25.6. The highest BCUT2D eigenvalue weighted by atomic mass is 16.5. The summed E-state index contributed by atoms with van der Waals surface area (Å²) in [6, 6.07) is 27.9. The van der Waals surface area contributed by atoms with E-state index in [4.69, 9.17) is 9.47 Å². The molecule has 0 aliphatic carbocycles. The number of phenols is 1. The average Bonchev–Trinajstić information content (AvgIpc) is 2.98. The van der Waals surface area contributed by atoms with Gasteiger partial charge in [-0.2, -0.15) is 0 Å². The zero-order chi connectivity index (χ0) is 30.8. The fraction of sp³-hybridized carbons (Fsp3) is 0.278. The van der Waals surface area contributed by atoms with Crippen LogP contribution >= 0.6 is 0 Å². The Morgan fingerprint density at radius 2 is 0.976 bits per heavy atom. The van der Waals surface area contributed by atoms with E-state index in [-0.39, 0.29) is 11.5 Å². The van der Waals surface area contributed by atoms with Gasteiger partial charge in [0.25, 0.3) is 0 Å². The van der Waals surface area contributed by atoms with Gasteiger partial charge in [0, 0.05) is 5.56 Å². The van der Waals surface area contributed by atoms with Gasteiger partial charge in [0.05, 0.1) is 5.56 Å². The first-order valence-corrected chi connectivity index (χ1v) is 14.2. The third-order valence-electron chi connectivity index (χ3n) is 5.07. The number of rotatable bonds is 7. The van der Waals surface area contributed by atoms with Crippen LogP contribution in [0.25, 0.3) is 0 Å². The minimum absolute atomic E-state index is 0.00334. The number of Topliss-reactive ketones (excluding diaryl/α,β-unsaturated/α-hetero) is 1. The number of hydrogen-bond acceptors (Lipinski definition) is 5. The fourth-order valence-electron chi connectivity index (χ4n) is 3.24. The van der Waals surface area contributed by atoms with Gasteiger partial charge in [0.2, 0.25) is 0 Å². The molecule has 5 heteroatoms. The lowest BCUT2D eigenvalue weighted by Crippen LogP contribution is -2.08. The van der Waals surface area contributed by atoms with Crippen LogP contribution in [0, 0.1) is 5.92 Å². The molecule has 0 bridgehead atoms. The molecule has 0 unspecified atom stereocenters. The molecule has 41 heavy (non-hydrogen) atoms. The quantitative estimate of drug-likeness (QED) is 0.139. The number of carbonyl (C=O) groups excluding carboxylic acids is 2. The standard InChI is InChI=1S/C28H22O5.C4H10.2C2H6/c1-19(29)22-6-14-25(15-7-22)32-26-16-8-23(9-17-26)28(31)33-27-12-4-21(5-13-27)18-20-2-10-24(30)11-3-20;1-4(2)3;2*1-2/h2-17,30H,18H2,1H3;4H,1-3H3;2*1-2H3. The number of ether oxygens (including phenoxy) is 2. The molecule has 0 aliphatic rings. The van der Waals surface area contributed by atoms with E-state index >= 15 is 0 Å². The van der Waals surface area contributed by atoms with Crippen molar-refractivity contribution < 1.29 is 24.2 Å². The molecule has 0 saturated heterocycles. The lowest BCUT2D eigenvalue weighted by Gasteiger charge is -2.08. The number of benzene rings is 4. The van der Waals surface area contributed by atoms with E-state index in [9.17, 15) is 14.7 Å². The molecule has 0 aliphatic heterocycles. The molecule has 1 N–H and O–H groups in total. The van der Waals surface area contributed by atoms with Crippen molar-refractivity contribution in [2.45, 2.75) is 61.8 Å². The van der Waals surface area contributed by atoms with Crippen molar-refractivity contribution in [1.82, 2.24) is 0 Å². The molecule has 0 radical (unpaired) electrons. The van der Waals surface area contributed by atoms with E-state index in [1.165, 1.54) is 6.92 Å². The number of ketones is 1. The maximum absolute atomic E-state index is 12.5. The van der Waals surface area contributed by atoms with Gasteiger partial charge in [0.15, 0.2) is 5.78 Å². The van der Waals surface area contributed by atoms with Crippen LogP contribution < -0.4 is 9.47 Å². The molecular formula is C36H44O5. The Balaban J connectivity index is 0.000000950. The van der Waals surface area contributed by atoms with E-state index in [1.807, 2.05) is 52.0 Å².